The molecule has 1 atom stereocenters. The third-order valence-corrected chi connectivity index (χ3v) is 5.77. The second-order valence-electron chi connectivity index (χ2n) is 9.14. The number of anilines is 1. The largest absolute Gasteiger partial charge is 0.444 e. The lowest BCUT2D eigenvalue weighted by atomic mass is 10.1. The Morgan fingerprint density at radius 3 is 2.58 bits per heavy atom. The van der Waals surface area contributed by atoms with Crippen LogP contribution in [0.5, 0.6) is 0 Å². The summed E-state index contributed by atoms with van der Waals surface area (Å²) < 4.78 is 7.44. The molecule has 33 heavy (non-hydrogen) atoms. The monoisotopic (exact) mass is 466 g/mol. The Hall–Kier alpha value is -3.32. The summed E-state index contributed by atoms with van der Waals surface area (Å²) >= 11 is 6.55. The third kappa shape index (κ3) is 4.88. The standard InChI is InChI=1S/C25H27ClN4O3/c1-17-14-30(23(31)20-10-9-19(13-21(20)26)28-12-11-27-16-28)22-8-6-5-7-18(22)15-29(17)24(32)33-25(2,3)4/h5-13,16-17H,14-15H2,1-4H3. The van der Waals surface area contributed by atoms with Crippen molar-refractivity contribution >= 4 is 29.3 Å². The lowest BCUT2D eigenvalue weighted by Crippen LogP contribution is -2.46. The van der Waals surface area contributed by atoms with Crippen molar-refractivity contribution in [2.75, 3.05) is 11.4 Å². The Morgan fingerprint density at radius 1 is 1.15 bits per heavy atom. The first-order valence-electron chi connectivity index (χ1n) is 10.8. The summed E-state index contributed by atoms with van der Waals surface area (Å²) in [6.07, 6.45) is 4.76. The van der Waals surface area contributed by atoms with Crippen molar-refractivity contribution in [3.8, 4) is 5.69 Å². The van der Waals surface area contributed by atoms with E-state index in [4.69, 9.17) is 16.3 Å². The minimum Gasteiger partial charge on any atom is -0.444 e. The number of halogens is 1. The molecule has 172 valence electrons. The molecule has 1 aromatic heterocycles. The van der Waals surface area contributed by atoms with Gasteiger partial charge in [0.05, 0.1) is 29.5 Å². The number of hydrogen-bond acceptors (Lipinski definition) is 4. The fourth-order valence-electron chi connectivity index (χ4n) is 3.86. The molecule has 7 nitrogen and oxygen atoms in total. The summed E-state index contributed by atoms with van der Waals surface area (Å²) in [4.78, 5) is 34.0. The van der Waals surface area contributed by atoms with Gasteiger partial charge in [-0.15, -0.1) is 0 Å². The predicted octanol–water partition coefficient (Wildman–Crippen LogP) is 5.31. The summed E-state index contributed by atoms with van der Waals surface area (Å²) in [6, 6.07) is 12.6. The normalized spacial score (nSPS) is 16.2. The zero-order valence-electron chi connectivity index (χ0n) is 19.2. The van der Waals surface area contributed by atoms with Gasteiger partial charge in [0, 0.05) is 30.3 Å². The molecule has 1 aliphatic rings. The Morgan fingerprint density at radius 2 is 1.91 bits per heavy atom. The zero-order chi connectivity index (χ0) is 23.8. The second kappa shape index (κ2) is 8.90. The molecule has 2 heterocycles. The van der Waals surface area contributed by atoms with Crippen LogP contribution >= 0.6 is 11.6 Å². The lowest BCUT2D eigenvalue weighted by molar-refractivity contribution is 0.0167. The number of benzene rings is 2. The molecule has 3 aromatic rings. The van der Waals surface area contributed by atoms with Gasteiger partial charge in [-0.2, -0.15) is 0 Å². The van der Waals surface area contributed by atoms with Crippen LogP contribution in [0.4, 0.5) is 10.5 Å². The van der Waals surface area contributed by atoms with Gasteiger partial charge in [0.1, 0.15) is 5.60 Å². The van der Waals surface area contributed by atoms with Crippen molar-refractivity contribution in [2.45, 2.75) is 45.9 Å². The number of fused-ring (bicyclic) bond motifs is 1. The maximum absolute atomic E-state index is 13.7. The Kier molecular flexibility index (Phi) is 6.17. The van der Waals surface area contributed by atoms with Gasteiger partial charge >= 0.3 is 6.09 Å². The van der Waals surface area contributed by atoms with Crippen LogP contribution in [-0.2, 0) is 11.3 Å². The van der Waals surface area contributed by atoms with Crippen LogP contribution in [0.3, 0.4) is 0 Å². The molecule has 8 heteroatoms. The fourth-order valence-corrected chi connectivity index (χ4v) is 4.12. The van der Waals surface area contributed by atoms with Gasteiger partial charge in [-0.25, -0.2) is 9.78 Å². The number of rotatable bonds is 2. The van der Waals surface area contributed by atoms with E-state index in [2.05, 4.69) is 4.98 Å². The van der Waals surface area contributed by atoms with Gasteiger partial charge in [-0.1, -0.05) is 29.8 Å². The number of ether oxygens (including phenoxy) is 1. The van der Waals surface area contributed by atoms with E-state index in [1.54, 1.807) is 34.5 Å². The average Bonchev–Trinajstić information content (AvgIpc) is 3.24. The topological polar surface area (TPSA) is 67.7 Å². The van der Waals surface area contributed by atoms with Gasteiger partial charge in [0.25, 0.3) is 5.91 Å². The van der Waals surface area contributed by atoms with E-state index < -0.39 is 11.7 Å². The number of imidazole rings is 1. The van der Waals surface area contributed by atoms with E-state index >= 15 is 0 Å². The van der Waals surface area contributed by atoms with Gasteiger partial charge in [0.2, 0.25) is 0 Å². The SMILES string of the molecule is CC1CN(C(=O)c2ccc(-n3ccnc3)cc2Cl)c2ccccc2CN1C(=O)OC(C)(C)C. The number of aromatic nitrogens is 2. The van der Waals surface area contributed by atoms with Crippen molar-refractivity contribution < 1.29 is 14.3 Å². The quantitative estimate of drug-likeness (QED) is 0.513. The first-order valence-corrected chi connectivity index (χ1v) is 11.2. The summed E-state index contributed by atoms with van der Waals surface area (Å²) in [7, 11) is 0. The van der Waals surface area contributed by atoms with Crippen LogP contribution in [0, 0.1) is 0 Å². The fraction of sp³-hybridized carbons (Fsp3) is 0.320. The highest BCUT2D eigenvalue weighted by Gasteiger charge is 2.34. The third-order valence-electron chi connectivity index (χ3n) is 5.46. The highest BCUT2D eigenvalue weighted by molar-refractivity contribution is 6.34. The second-order valence-corrected chi connectivity index (χ2v) is 9.54. The summed E-state index contributed by atoms with van der Waals surface area (Å²) in [6.45, 7) is 8.10. The minimum atomic E-state index is -0.608. The summed E-state index contributed by atoms with van der Waals surface area (Å²) in [5, 5.41) is 0.351. The van der Waals surface area contributed by atoms with E-state index in [0.29, 0.717) is 23.7 Å². The lowest BCUT2D eigenvalue weighted by Gasteiger charge is -2.31. The molecule has 2 aromatic carbocycles. The molecule has 0 saturated heterocycles. The molecule has 0 bridgehead atoms. The van der Waals surface area contributed by atoms with Crippen LogP contribution in [0.2, 0.25) is 5.02 Å². The Balaban J connectivity index is 1.67. The van der Waals surface area contributed by atoms with Gasteiger partial charge in [0.15, 0.2) is 0 Å². The summed E-state index contributed by atoms with van der Waals surface area (Å²) in [5.74, 6) is -0.220. The maximum atomic E-state index is 13.7. The molecule has 0 fully saturated rings. The molecule has 0 saturated carbocycles. The van der Waals surface area contributed by atoms with Crippen LogP contribution in [-0.4, -0.2) is 44.6 Å². The number of para-hydroxylation sites is 1. The van der Waals surface area contributed by atoms with E-state index in [1.165, 1.54) is 0 Å². The average molecular weight is 467 g/mol. The van der Waals surface area contributed by atoms with E-state index in [9.17, 15) is 9.59 Å². The Labute approximate surface area is 198 Å². The zero-order valence-corrected chi connectivity index (χ0v) is 19.9. The maximum Gasteiger partial charge on any atom is 0.410 e. The predicted molar refractivity (Wildman–Crippen MR) is 128 cm³/mol. The number of nitrogens with zero attached hydrogens (tertiary/aromatic N) is 4. The molecule has 1 unspecified atom stereocenters. The van der Waals surface area contributed by atoms with Crippen molar-refractivity contribution in [1.82, 2.24) is 14.5 Å². The van der Waals surface area contributed by atoms with Crippen LogP contribution < -0.4 is 4.90 Å². The van der Waals surface area contributed by atoms with Crippen molar-refractivity contribution in [2.24, 2.45) is 0 Å². The van der Waals surface area contributed by atoms with Crippen molar-refractivity contribution in [1.29, 1.82) is 0 Å². The molecule has 1 aliphatic heterocycles. The molecule has 0 N–H and O–H groups in total. The smallest absolute Gasteiger partial charge is 0.410 e. The molecule has 0 spiro atoms. The summed E-state index contributed by atoms with van der Waals surface area (Å²) in [5.41, 5.74) is 2.23. The molecular weight excluding hydrogens is 440 g/mol. The van der Waals surface area contributed by atoms with Gasteiger partial charge in [-0.3, -0.25) is 9.69 Å². The number of carbonyl (C=O) groups excluding carboxylic acids is 2. The van der Waals surface area contributed by atoms with Crippen molar-refractivity contribution in [3.63, 3.8) is 0 Å². The van der Waals surface area contributed by atoms with Crippen molar-refractivity contribution in [3.05, 3.63) is 77.3 Å². The van der Waals surface area contributed by atoms with Crippen LogP contribution in [0.15, 0.2) is 61.2 Å². The van der Waals surface area contributed by atoms with Gasteiger partial charge in [-0.05, 0) is 57.5 Å². The van der Waals surface area contributed by atoms with Gasteiger partial charge < -0.3 is 14.2 Å². The molecule has 2 amide bonds. The Bertz CT molecular complexity index is 1170. The number of hydrogen-bond donors (Lipinski definition) is 0. The number of amides is 2. The molecule has 0 aliphatic carbocycles. The molecule has 0 radical (unpaired) electrons. The van der Waals surface area contributed by atoms with E-state index in [1.807, 2.05) is 68.8 Å². The van der Waals surface area contributed by atoms with Crippen LogP contribution in [0.25, 0.3) is 5.69 Å². The van der Waals surface area contributed by atoms with E-state index in [-0.39, 0.29) is 11.9 Å². The molecular formula is C25H27ClN4O3. The highest BCUT2D eigenvalue weighted by Crippen LogP contribution is 2.31. The first kappa shape index (κ1) is 22.9. The minimum absolute atomic E-state index is 0.220. The van der Waals surface area contributed by atoms with E-state index in [0.717, 1.165) is 16.9 Å². The van der Waals surface area contributed by atoms with Crippen LogP contribution in [0.1, 0.15) is 43.6 Å². The molecule has 4 rings (SSSR count). The highest BCUT2D eigenvalue weighted by atomic mass is 35.5. The number of carbonyl (C=O) groups is 2. The first-order chi connectivity index (χ1) is 15.6.